The number of methoxy groups -OCH3 is 3. The Bertz CT molecular complexity index is 674. The SMILES string of the molecule is CCOC(=O)N1CCN(CC(=O)NCc2cc(OC)c(OC)cc2OC)CC1. The van der Waals surface area contributed by atoms with Crippen LogP contribution in [0.1, 0.15) is 12.5 Å². The number of ether oxygens (including phenoxy) is 4. The Hall–Kier alpha value is -2.68. The summed E-state index contributed by atoms with van der Waals surface area (Å²) in [5.41, 5.74) is 0.792. The molecule has 0 unspecified atom stereocenters. The second-order valence-corrected chi connectivity index (χ2v) is 6.26. The predicted molar refractivity (Wildman–Crippen MR) is 103 cm³/mol. The summed E-state index contributed by atoms with van der Waals surface area (Å²) in [5.74, 6) is 1.65. The van der Waals surface area contributed by atoms with E-state index in [0.29, 0.717) is 56.6 Å². The van der Waals surface area contributed by atoms with Crippen LogP contribution in [0, 0.1) is 0 Å². The van der Waals surface area contributed by atoms with Gasteiger partial charge in [0.15, 0.2) is 11.5 Å². The van der Waals surface area contributed by atoms with Crippen molar-refractivity contribution in [3.63, 3.8) is 0 Å². The van der Waals surface area contributed by atoms with Crippen LogP contribution in [-0.2, 0) is 16.1 Å². The molecule has 0 atom stereocenters. The lowest BCUT2D eigenvalue weighted by Crippen LogP contribution is -2.51. The van der Waals surface area contributed by atoms with Gasteiger partial charge >= 0.3 is 6.09 Å². The number of benzene rings is 1. The summed E-state index contributed by atoms with van der Waals surface area (Å²) in [5, 5.41) is 2.90. The zero-order valence-electron chi connectivity index (χ0n) is 16.9. The van der Waals surface area contributed by atoms with Crippen molar-refractivity contribution >= 4 is 12.0 Å². The van der Waals surface area contributed by atoms with Gasteiger partial charge in [-0.3, -0.25) is 9.69 Å². The van der Waals surface area contributed by atoms with Crippen molar-refractivity contribution in [1.82, 2.24) is 15.1 Å². The molecular formula is C19H29N3O6. The van der Waals surface area contributed by atoms with Crippen molar-refractivity contribution in [3.05, 3.63) is 17.7 Å². The predicted octanol–water partition coefficient (Wildman–Crippen LogP) is 1.10. The lowest BCUT2D eigenvalue weighted by Gasteiger charge is -2.33. The van der Waals surface area contributed by atoms with Gasteiger partial charge in [0.25, 0.3) is 0 Å². The molecule has 1 aromatic rings. The minimum absolute atomic E-state index is 0.0959. The van der Waals surface area contributed by atoms with Gasteiger partial charge in [-0.15, -0.1) is 0 Å². The molecule has 1 aliphatic rings. The number of carbonyl (C=O) groups is 2. The lowest BCUT2D eigenvalue weighted by molar-refractivity contribution is -0.122. The molecule has 2 rings (SSSR count). The third kappa shape index (κ3) is 5.66. The van der Waals surface area contributed by atoms with E-state index in [1.54, 1.807) is 45.3 Å². The largest absolute Gasteiger partial charge is 0.496 e. The van der Waals surface area contributed by atoms with Gasteiger partial charge in [0, 0.05) is 44.4 Å². The molecule has 0 aromatic heterocycles. The molecule has 0 saturated carbocycles. The number of nitrogens with one attached hydrogen (secondary N) is 1. The summed E-state index contributed by atoms with van der Waals surface area (Å²) < 4.78 is 20.9. The van der Waals surface area contributed by atoms with Crippen molar-refractivity contribution in [2.75, 3.05) is 60.7 Å². The van der Waals surface area contributed by atoms with Crippen LogP contribution in [0.5, 0.6) is 17.2 Å². The van der Waals surface area contributed by atoms with E-state index in [2.05, 4.69) is 5.32 Å². The molecule has 1 N–H and O–H groups in total. The lowest BCUT2D eigenvalue weighted by atomic mass is 10.1. The van der Waals surface area contributed by atoms with Gasteiger partial charge in [-0.2, -0.15) is 0 Å². The molecule has 1 aromatic carbocycles. The van der Waals surface area contributed by atoms with E-state index in [1.165, 1.54) is 0 Å². The first-order chi connectivity index (χ1) is 13.5. The molecule has 1 aliphatic heterocycles. The van der Waals surface area contributed by atoms with E-state index in [0.717, 1.165) is 5.56 Å². The van der Waals surface area contributed by atoms with Crippen LogP contribution in [-0.4, -0.2) is 82.5 Å². The molecule has 156 valence electrons. The van der Waals surface area contributed by atoms with E-state index in [-0.39, 0.29) is 18.5 Å². The number of carbonyl (C=O) groups excluding carboxylic acids is 2. The Morgan fingerprint density at radius 1 is 0.964 bits per heavy atom. The van der Waals surface area contributed by atoms with Gasteiger partial charge in [0.2, 0.25) is 5.91 Å². The Morgan fingerprint density at radius 2 is 1.57 bits per heavy atom. The maximum Gasteiger partial charge on any atom is 0.409 e. The summed E-state index contributed by atoms with van der Waals surface area (Å²) in [6.07, 6.45) is -0.299. The Kier molecular flexibility index (Phi) is 8.19. The number of rotatable bonds is 8. The van der Waals surface area contributed by atoms with Gasteiger partial charge in [0.1, 0.15) is 5.75 Å². The minimum Gasteiger partial charge on any atom is -0.496 e. The highest BCUT2D eigenvalue weighted by molar-refractivity contribution is 5.78. The number of piperazine rings is 1. The summed E-state index contributed by atoms with van der Waals surface area (Å²) >= 11 is 0. The molecule has 1 saturated heterocycles. The van der Waals surface area contributed by atoms with Crippen molar-refractivity contribution in [3.8, 4) is 17.2 Å². The van der Waals surface area contributed by atoms with Crippen LogP contribution in [0.2, 0.25) is 0 Å². The van der Waals surface area contributed by atoms with Crippen molar-refractivity contribution in [2.45, 2.75) is 13.5 Å². The first kappa shape index (κ1) is 21.6. The molecule has 0 aliphatic carbocycles. The molecular weight excluding hydrogens is 366 g/mol. The van der Waals surface area contributed by atoms with Crippen LogP contribution in [0.25, 0.3) is 0 Å². The van der Waals surface area contributed by atoms with Crippen molar-refractivity contribution in [2.24, 2.45) is 0 Å². The van der Waals surface area contributed by atoms with E-state index in [9.17, 15) is 9.59 Å². The first-order valence-electron chi connectivity index (χ1n) is 9.22. The molecule has 0 bridgehead atoms. The second-order valence-electron chi connectivity index (χ2n) is 6.26. The van der Waals surface area contributed by atoms with E-state index in [4.69, 9.17) is 18.9 Å². The molecule has 2 amide bonds. The third-order valence-electron chi connectivity index (χ3n) is 4.53. The highest BCUT2D eigenvalue weighted by Gasteiger charge is 2.23. The quantitative estimate of drug-likeness (QED) is 0.705. The molecule has 28 heavy (non-hydrogen) atoms. The van der Waals surface area contributed by atoms with Crippen molar-refractivity contribution < 1.29 is 28.5 Å². The zero-order chi connectivity index (χ0) is 20.5. The molecule has 9 nitrogen and oxygen atoms in total. The monoisotopic (exact) mass is 395 g/mol. The van der Waals surface area contributed by atoms with Crippen LogP contribution >= 0.6 is 0 Å². The van der Waals surface area contributed by atoms with Gasteiger partial charge in [-0.25, -0.2) is 4.79 Å². The molecule has 9 heteroatoms. The van der Waals surface area contributed by atoms with Crippen LogP contribution < -0.4 is 19.5 Å². The Morgan fingerprint density at radius 3 is 2.14 bits per heavy atom. The minimum atomic E-state index is -0.299. The maximum absolute atomic E-state index is 12.3. The number of amides is 2. The van der Waals surface area contributed by atoms with E-state index >= 15 is 0 Å². The summed E-state index contributed by atoms with van der Waals surface area (Å²) in [6.45, 7) is 5.09. The molecule has 0 spiro atoms. The summed E-state index contributed by atoms with van der Waals surface area (Å²) in [7, 11) is 4.68. The number of hydrogen-bond acceptors (Lipinski definition) is 7. The fourth-order valence-electron chi connectivity index (χ4n) is 2.99. The average molecular weight is 395 g/mol. The Labute approximate surface area is 165 Å². The fourth-order valence-corrected chi connectivity index (χ4v) is 2.99. The summed E-state index contributed by atoms with van der Waals surface area (Å²) in [4.78, 5) is 27.7. The number of hydrogen-bond donors (Lipinski definition) is 1. The van der Waals surface area contributed by atoms with Crippen LogP contribution in [0.4, 0.5) is 4.79 Å². The highest BCUT2D eigenvalue weighted by atomic mass is 16.6. The van der Waals surface area contributed by atoms with E-state index < -0.39 is 0 Å². The van der Waals surface area contributed by atoms with E-state index in [1.807, 2.05) is 4.90 Å². The zero-order valence-corrected chi connectivity index (χ0v) is 16.9. The smallest absolute Gasteiger partial charge is 0.409 e. The highest BCUT2D eigenvalue weighted by Crippen LogP contribution is 2.34. The maximum atomic E-state index is 12.3. The third-order valence-corrected chi connectivity index (χ3v) is 4.53. The summed E-state index contributed by atoms with van der Waals surface area (Å²) in [6, 6.07) is 3.52. The Balaban J connectivity index is 1.85. The molecule has 1 fully saturated rings. The van der Waals surface area contributed by atoms with Gasteiger partial charge in [-0.05, 0) is 13.0 Å². The van der Waals surface area contributed by atoms with Crippen molar-refractivity contribution in [1.29, 1.82) is 0 Å². The van der Waals surface area contributed by atoms with Gasteiger partial charge < -0.3 is 29.2 Å². The van der Waals surface area contributed by atoms with Gasteiger partial charge in [0.05, 0.1) is 34.5 Å². The second kappa shape index (κ2) is 10.6. The first-order valence-corrected chi connectivity index (χ1v) is 9.22. The number of nitrogens with zero attached hydrogens (tertiary/aromatic N) is 2. The van der Waals surface area contributed by atoms with Gasteiger partial charge in [-0.1, -0.05) is 0 Å². The average Bonchev–Trinajstić information content (AvgIpc) is 2.72. The normalized spacial score (nSPS) is 14.4. The fraction of sp³-hybridized carbons (Fsp3) is 0.579. The van der Waals surface area contributed by atoms with Crippen LogP contribution in [0.15, 0.2) is 12.1 Å². The molecule has 1 heterocycles. The topological polar surface area (TPSA) is 89.6 Å². The van der Waals surface area contributed by atoms with Crippen LogP contribution in [0.3, 0.4) is 0 Å². The standard InChI is InChI=1S/C19H29N3O6/c1-5-28-19(24)22-8-6-21(7-9-22)13-18(23)20-12-14-10-16(26-3)17(27-4)11-15(14)25-2/h10-11H,5-9,12-13H2,1-4H3,(H,20,23). The molecule has 0 radical (unpaired) electrons.